The molecule has 0 aliphatic carbocycles. The SMILES string of the molecule is CCCCC/C=C/C=C/CCCCCCCCC(=O)OC(/C=C\CCCCCCCCCCCCC)C(COP(=O)(O)OCC[N+](C)(C)C)NC(=O)CCCCCCCCCCCCCCC/C=C/CCCCCCCC. The van der Waals surface area contributed by atoms with Crippen LogP contribution in [0.25, 0.3) is 0 Å². The van der Waals surface area contributed by atoms with Crippen molar-refractivity contribution in [2.45, 2.75) is 328 Å². The number of phosphoric acid groups is 1. The van der Waals surface area contributed by atoms with E-state index in [9.17, 15) is 19.0 Å². The first-order valence-corrected chi connectivity index (χ1v) is 34.5. The lowest BCUT2D eigenvalue weighted by atomic mass is 10.0. The predicted molar refractivity (Wildman–Crippen MR) is 332 cm³/mol. The summed E-state index contributed by atoms with van der Waals surface area (Å²) < 4.78 is 30.7. The van der Waals surface area contributed by atoms with Crippen molar-refractivity contribution in [3.8, 4) is 0 Å². The highest BCUT2D eigenvalue weighted by atomic mass is 31.2. The molecular formula is C67H128N2O7P+. The second kappa shape index (κ2) is 57.2. The number of allylic oxidation sites excluding steroid dienone is 7. The minimum atomic E-state index is -4.45. The molecule has 0 fully saturated rings. The standard InChI is InChI=1S/C67H127N2O7P/c1-7-10-13-16-19-22-25-28-30-31-32-33-34-35-36-37-39-41-44-47-50-53-56-59-66(70)68-64(63-75-77(72,73)74-62-61-69(4,5)6)65(58-55-52-49-46-43-40-27-24-21-18-15-12-9-3)76-67(71)60-57-54-51-48-45-42-38-29-26-23-20-17-14-11-8-2/h20,23,26,28-30,55,58,64-65H,7-19,21-22,24-25,27,31-54,56-57,59-63H2,1-6H3,(H-,68,70,72,73)/p+1/b23-20+,29-26+,30-28+,58-55-. The first kappa shape index (κ1) is 75.0. The second-order valence-corrected chi connectivity index (χ2v) is 25.1. The largest absolute Gasteiger partial charge is 0.472 e. The van der Waals surface area contributed by atoms with Gasteiger partial charge in [0.25, 0.3) is 0 Å². The van der Waals surface area contributed by atoms with Gasteiger partial charge in [-0.05, 0) is 83.1 Å². The molecule has 0 aromatic rings. The normalized spacial score (nSPS) is 13.9. The Morgan fingerprint density at radius 3 is 1.21 bits per heavy atom. The lowest BCUT2D eigenvalue weighted by molar-refractivity contribution is -0.870. The highest BCUT2D eigenvalue weighted by molar-refractivity contribution is 7.47. The highest BCUT2D eigenvalue weighted by Crippen LogP contribution is 2.43. The number of carbonyl (C=O) groups is 2. The molecule has 0 rings (SSSR count). The monoisotopic (exact) mass is 1100 g/mol. The van der Waals surface area contributed by atoms with Crippen LogP contribution in [0.15, 0.2) is 48.6 Å². The van der Waals surface area contributed by atoms with Crippen molar-refractivity contribution in [1.82, 2.24) is 5.32 Å². The van der Waals surface area contributed by atoms with Gasteiger partial charge in [-0.3, -0.25) is 18.6 Å². The zero-order valence-corrected chi connectivity index (χ0v) is 52.6. The number of rotatable bonds is 60. The molecule has 3 unspecified atom stereocenters. The van der Waals surface area contributed by atoms with Gasteiger partial charge in [0.2, 0.25) is 5.91 Å². The van der Waals surface area contributed by atoms with Crippen molar-refractivity contribution < 1.29 is 37.3 Å². The van der Waals surface area contributed by atoms with Gasteiger partial charge in [0.15, 0.2) is 0 Å². The molecule has 2 N–H and O–H groups in total. The minimum absolute atomic E-state index is 0.0390. The Balaban J connectivity index is 5.16. The highest BCUT2D eigenvalue weighted by Gasteiger charge is 2.30. The molecule has 0 aromatic heterocycles. The third-order valence-electron chi connectivity index (χ3n) is 14.8. The summed E-state index contributed by atoms with van der Waals surface area (Å²) in [4.78, 5) is 37.8. The van der Waals surface area contributed by atoms with Crippen LogP contribution in [0.3, 0.4) is 0 Å². The molecule has 0 saturated carbocycles. The van der Waals surface area contributed by atoms with Crippen LogP contribution in [0.4, 0.5) is 0 Å². The number of ether oxygens (including phenoxy) is 1. The van der Waals surface area contributed by atoms with Gasteiger partial charge in [-0.2, -0.15) is 0 Å². The molecule has 77 heavy (non-hydrogen) atoms. The summed E-state index contributed by atoms with van der Waals surface area (Å²) in [5.41, 5.74) is 0. The molecule has 0 heterocycles. The molecule has 0 saturated heterocycles. The molecule has 0 aliphatic rings. The van der Waals surface area contributed by atoms with Crippen LogP contribution in [0, 0.1) is 0 Å². The van der Waals surface area contributed by atoms with E-state index in [1.54, 1.807) is 0 Å². The van der Waals surface area contributed by atoms with Gasteiger partial charge < -0.3 is 19.4 Å². The van der Waals surface area contributed by atoms with E-state index in [1.165, 1.54) is 205 Å². The van der Waals surface area contributed by atoms with E-state index in [0.29, 0.717) is 17.4 Å². The summed E-state index contributed by atoms with van der Waals surface area (Å²) in [5, 5.41) is 3.06. The summed E-state index contributed by atoms with van der Waals surface area (Å²) >= 11 is 0. The molecule has 0 bridgehead atoms. The lowest BCUT2D eigenvalue weighted by Crippen LogP contribution is -2.47. The Labute approximate surface area is 478 Å². The molecule has 0 radical (unpaired) electrons. The van der Waals surface area contributed by atoms with Crippen molar-refractivity contribution in [2.75, 3.05) is 40.9 Å². The fourth-order valence-corrected chi connectivity index (χ4v) is 10.4. The van der Waals surface area contributed by atoms with Gasteiger partial charge in [-0.25, -0.2) is 4.57 Å². The second-order valence-electron chi connectivity index (χ2n) is 23.7. The van der Waals surface area contributed by atoms with E-state index in [4.69, 9.17) is 13.8 Å². The zero-order chi connectivity index (χ0) is 56.4. The minimum Gasteiger partial charge on any atom is -0.456 e. The number of esters is 1. The van der Waals surface area contributed by atoms with Gasteiger partial charge in [-0.15, -0.1) is 0 Å². The number of hydrogen-bond donors (Lipinski definition) is 2. The molecule has 0 spiro atoms. The summed E-state index contributed by atoms with van der Waals surface area (Å²) in [6.45, 7) is 7.01. The maximum Gasteiger partial charge on any atom is 0.472 e. The Morgan fingerprint density at radius 1 is 0.455 bits per heavy atom. The van der Waals surface area contributed by atoms with Crippen molar-refractivity contribution >= 4 is 19.7 Å². The van der Waals surface area contributed by atoms with Crippen LogP contribution < -0.4 is 5.32 Å². The van der Waals surface area contributed by atoms with Gasteiger partial charge >= 0.3 is 13.8 Å². The van der Waals surface area contributed by atoms with Crippen molar-refractivity contribution in [1.29, 1.82) is 0 Å². The predicted octanol–water partition coefficient (Wildman–Crippen LogP) is 20.5. The third-order valence-corrected chi connectivity index (χ3v) is 15.8. The zero-order valence-electron chi connectivity index (χ0n) is 51.7. The number of nitrogens with zero attached hydrogens (tertiary/aromatic N) is 1. The van der Waals surface area contributed by atoms with Crippen LogP contribution in [0.5, 0.6) is 0 Å². The van der Waals surface area contributed by atoms with Crippen LogP contribution in [0.2, 0.25) is 0 Å². The van der Waals surface area contributed by atoms with E-state index in [-0.39, 0.29) is 31.5 Å². The fraction of sp³-hybridized carbons (Fsp3) is 0.851. The topological polar surface area (TPSA) is 111 Å². The number of phosphoric ester groups is 1. The molecule has 3 atom stereocenters. The van der Waals surface area contributed by atoms with E-state index in [1.807, 2.05) is 33.3 Å². The van der Waals surface area contributed by atoms with E-state index < -0.39 is 20.0 Å². The first-order valence-electron chi connectivity index (χ1n) is 33.0. The van der Waals surface area contributed by atoms with Gasteiger partial charge in [0.05, 0.1) is 33.8 Å². The average Bonchev–Trinajstić information content (AvgIpc) is 3.39. The van der Waals surface area contributed by atoms with Crippen molar-refractivity contribution in [2.24, 2.45) is 0 Å². The number of carbonyl (C=O) groups excluding carboxylic acids is 2. The Bertz CT molecular complexity index is 1460. The summed E-state index contributed by atoms with van der Waals surface area (Å²) in [7, 11) is 1.50. The molecule has 0 aliphatic heterocycles. The molecular weight excluding hydrogens is 976 g/mol. The van der Waals surface area contributed by atoms with Crippen LogP contribution >= 0.6 is 7.82 Å². The van der Waals surface area contributed by atoms with Crippen LogP contribution in [0.1, 0.15) is 316 Å². The molecule has 0 aromatic carbocycles. The number of unbranched alkanes of at least 4 members (excludes halogenated alkanes) is 39. The Hall–Kier alpha value is -2.03. The van der Waals surface area contributed by atoms with E-state index in [2.05, 4.69) is 62.5 Å². The van der Waals surface area contributed by atoms with Crippen molar-refractivity contribution in [3.63, 3.8) is 0 Å². The number of quaternary nitrogens is 1. The fourth-order valence-electron chi connectivity index (χ4n) is 9.63. The molecule has 452 valence electrons. The van der Waals surface area contributed by atoms with Crippen LogP contribution in [-0.4, -0.2) is 74.3 Å². The number of hydrogen-bond acceptors (Lipinski definition) is 6. The summed E-state index contributed by atoms with van der Waals surface area (Å²) in [6, 6.07) is -0.852. The molecule has 9 nitrogen and oxygen atoms in total. The van der Waals surface area contributed by atoms with Gasteiger partial charge in [-0.1, -0.05) is 269 Å². The molecule has 1 amide bonds. The van der Waals surface area contributed by atoms with E-state index >= 15 is 0 Å². The number of likely N-dealkylation sites (N-methyl/N-ethyl adjacent to an activating group) is 1. The summed E-state index contributed by atoms with van der Waals surface area (Å²) in [5.74, 6) is -0.507. The third kappa shape index (κ3) is 58.4. The molecule has 10 heteroatoms. The quantitative estimate of drug-likeness (QED) is 0.0156. The first-order chi connectivity index (χ1) is 37.4. The van der Waals surface area contributed by atoms with Gasteiger partial charge in [0.1, 0.15) is 19.3 Å². The average molecular weight is 1100 g/mol. The summed E-state index contributed by atoms with van der Waals surface area (Å²) in [6.07, 6.45) is 71.1. The van der Waals surface area contributed by atoms with Gasteiger partial charge in [0, 0.05) is 12.8 Å². The number of nitrogens with one attached hydrogen (secondary N) is 1. The lowest BCUT2D eigenvalue weighted by Gasteiger charge is -2.27. The Morgan fingerprint density at radius 2 is 0.792 bits per heavy atom. The smallest absolute Gasteiger partial charge is 0.456 e. The Kier molecular flexibility index (Phi) is 55.7. The van der Waals surface area contributed by atoms with Crippen molar-refractivity contribution in [3.05, 3.63) is 48.6 Å². The maximum absolute atomic E-state index is 13.6. The van der Waals surface area contributed by atoms with Crippen LogP contribution in [-0.2, 0) is 27.9 Å². The van der Waals surface area contributed by atoms with E-state index in [0.717, 1.165) is 77.0 Å². The maximum atomic E-state index is 13.6. The number of amides is 1.